The molecule has 2 rings (SSSR count). The van der Waals surface area contributed by atoms with Crippen LogP contribution >= 0.6 is 11.5 Å². The molecular formula is C10H11N5OS. The molecule has 0 bridgehead atoms. The molecule has 0 fully saturated rings. The van der Waals surface area contributed by atoms with Crippen molar-refractivity contribution in [1.82, 2.24) is 14.6 Å². The number of aromatic nitrogens is 3. The van der Waals surface area contributed by atoms with Crippen LogP contribution in [0, 0.1) is 0 Å². The number of hydrogen-bond acceptors (Lipinski definition) is 6. The van der Waals surface area contributed by atoms with Crippen LogP contribution in [0.25, 0.3) is 0 Å². The van der Waals surface area contributed by atoms with Gasteiger partial charge in [-0.25, -0.2) is 0 Å². The lowest BCUT2D eigenvalue weighted by molar-refractivity contribution is 0.102. The third-order valence-corrected chi connectivity index (χ3v) is 2.61. The number of rotatable bonds is 4. The first-order chi connectivity index (χ1) is 8.31. The minimum atomic E-state index is -0.200. The van der Waals surface area contributed by atoms with Gasteiger partial charge in [0.1, 0.15) is 5.00 Å². The fourth-order valence-electron chi connectivity index (χ4n) is 1.33. The molecule has 0 saturated carbocycles. The Morgan fingerprint density at radius 1 is 1.47 bits per heavy atom. The van der Waals surface area contributed by atoms with Gasteiger partial charge >= 0.3 is 0 Å². The Kier molecular flexibility index (Phi) is 3.61. The molecule has 1 amide bonds. The largest absolute Gasteiger partial charge is 0.383 e. The molecule has 2 N–H and O–H groups in total. The number of pyridine rings is 1. The Labute approximate surface area is 102 Å². The molecule has 88 valence electrons. The van der Waals surface area contributed by atoms with E-state index >= 15 is 0 Å². The summed E-state index contributed by atoms with van der Waals surface area (Å²) in [5, 5.41) is 10.1. The molecule has 7 heteroatoms. The average molecular weight is 249 g/mol. The second-order valence-corrected chi connectivity index (χ2v) is 3.97. The smallest absolute Gasteiger partial charge is 0.258 e. The van der Waals surface area contributed by atoms with Crippen LogP contribution in [0.4, 0.5) is 10.7 Å². The molecule has 2 aromatic rings. The van der Waals surface area contributed by atoms with Gasteiger partial charge in [0.2, 0.25) is 0 Å². The van der Waals surface area contributed by atoms with Crippen LogP contribution in [0.15, 0.2) is 24.7 Å². The van der Waals surface area contributed by atoms with E-state index in [9.17, 15) is 4.79 Å². The number of hydrogen-bond donors (Lipinski definition) is 2. The van der Waals surface area contributed by atoms with E-state index in [0.717, 1.165) is 18.1 Å². The van der Waals surface area contributed by atoms with Crippen LogP contribution < -0.4 is 10.6 Å². The Morgan fingerprint density at radius 2 is 2.35 bits per heavy atom. The van der Waals surface area contributed by atoms with Crippen molar-refractivity contribution in [3.05, 3.63) is 30.2 Å². The van der Waals surface area contributed by atoms with Crippen LogP contribution in [0.1, 0.15) is 17.3 Å². The Hall–Kier alpha value is -2.02. The van der Waals surface area contributed by atoms with E-state index in [1.807, 2.05) is 6.92 Å². The van der Waals surface area contributed by atoms with Gasteiger partial charge in [-0.15, -0.1) is 5.10 Å². The number of anilines is 2. The summed E-state index contributed by atoms with van der Waals surface area (Å²) in [7, 11) is 0. The molecular weight excluding hydrogens is 238 g/mol. The van der Waals surface area contributed by atoms with Crippen molar-refractivity contribution in [1.29, 1.82) is 0 Å². The summed E-state index contributed by atoms with van der Waals surface area (Å²) in [6.07, 6.45) is 4.72. The third-order valence-electron chi connectivity index (χ3n) is 2.03. The zero-order chi connectivity index (χ0) is 12.1. The quantitative estimate of drug-likeness (QED) is 0.860. The number of nitrogens with zero attached hydrogens (tertiary/aromatic N) is 3. The summed E-state index contributed by atoms with van der Waals surface area (Å²) in [4.78, 5) is 16.0. The monoisotopic (exact) mass is 249 g/mol. The van der Waals surface area contributed by atoms with Gasteiger partial charge in [-0.3, -0.25) is 9.78 Å². The summed E-state index contributed by atoms with van der Waals surface area (Å²) in [5.74, 6) is -0.200. The molecule has 17 heavy (non-hydrogen) atoms. The lowest BCUT2D eigenvalue weighted by Crippen LogP contribution is -2.14. The third kappa shape index (κ3) is 2.76. The SMILES string of the molecule is CCNc1cnccc1C(=O)Nc1cnns1. The number of nitrogens with one attached hydrogen (secondary N) is 2. The molecule has 0 unspecified atom stereocenters. The summed E-state index contributed by atoms with van der Waals surface area (Å²) in [5.41, 5.74) is 1.26. The van der Waals surface area contributed by atoms with Crippen molar-refractivity contribution in [3.63, 3.8) is 0 Å². The summed E-state index contributed by atoms with van der Waals surface area (Å²) >= 11 is 1.14. The van der Waals surface area contributed by atoms with Crippen molar-refractivity contribution < 1.29 is 4.79 Å². The highest BCUT2D eigenvalue weighted by atomic mass is 32.1. The molecule has 0 spiro atoms. The van der Waals surface area contributed by atoms with Gasteiger partial charge in [-0.2, -0.15) is 0 Å². The topological polar surface area (TPSA) is 79.8 Å². The highest BCUT2D eigenvalue weighted by Gasteiger charge is 2.11. The fourth-order valence-corrected chi connectivity index (χ4v) is 1.74. The van der Waals surface area contributed by atoms with Crippen molar-refractivity contribution >= 4 is 28.1 Å². The highest BCUT2D eigenvalue weighted by molar-refractivity contribution is 7.10. The van der Waals surface area contributed by atoms with E-state index in [-0.39, 0.29) is 5.91 Å². The van der Waals surface area contributed by atoms with Crippen molar-refractivity contribution in [2.45, 2.75) is 6.92 Å². The van der Waals surface area contributed by atoms with Gasteiger partial charge in [0.25, 0.3) is 5.91 Å². The molecule has 6 nitrogen and oxygen atoms in total. The van der Waals surface area contributed by atoms with E-state index in [0.29, 0.717) is 16.3 Å². The first kappa shape index (κ1) is 11.5. The molecule has 2 heterocycles. The molecule has 0 aliphatic rings. The van der Waals surface area contributed by atoms with Gasteiger partial charge in [0.15, 0.2) is 0 Å². The maximum absolute atomic E-state index is 12.0. The maximum atomic E-state index is 12.0. The standard InChI is InChI=1S/C10H11N5OS/c1-2-12-8-5-11-4-3-7(8)10(16)14-9-6-13-15-17-9/h3-6,12H,2H2,1H3,(H,14,16). The van der Waals surface area contributed by atoms with Crippen LogP contribution in [0.5, 0.6) is 0 Å². The van der Waals surface area contributed by atoms with Crippen LogP contribution in [-0.2, 0) is 0 Å². The van der Waals surface area contributed by atoms with Gasteiger partial charge in [-0.1, -0.05) is 4.49 Å². The average Bonchev–Trinajstić information content (AvgIpc) is 2.83. The van der Waals surface area contributed by atoms with Gasteiger partial charge in [0, 0.05) is 24.3 Å². The van der Waals surface area contributed by atoms with E-state index in [1.54, 1.807) is 18.5 Å². The zero-order valence-corrected chi connectivity index (χ0v) is 9.99. The predicted octanol–water partition coefficient (Wildman–Crippen LogP) is 1.62. The number of amides is 1. The molecule has 0 atom stereocenters. The second-order valence-electron chi connectivity index (χ2n) is 3.19. The Morgan fingerprint density at radius 3 is 3.06 bits per heavy atom. The van der Waals surface area contributed by atoms with Gasteiger partial charge in [0.05, 0.1) is 23.6 Å². The Bertz CT molecular complexity index is 499. The minimum absolute atomic E-state index is 0.200. The van der Waals surface area contributed by atoms with Crippen molar-refractivity contribution in [2.75, 3.05) is 17.2 Å². The van der Waals surface area contributed by atoms with Gasteiger partial charge < -0.3 is 10.6 Å². The zero-order valence-electron chi connectivity index (χ0n) is 9.17. The first-order valence-electron chi connectivity index (χ1n) is 5.08. The fraction of sp³-hybridized carbons (Fsp3) is 0.200. The van der Waals surface area contributed by atoms with Gasteiger partial charge in [-0.05, 0) is 13.0 Å². The lowest BCUT2D eigenvalue weighted by atomic mass is 10.2. The van der Waals surface area contributed by atoms with E-state index in [4.69, 9.17) is 0 Å². The first-order valence-corrected chi connectivity index (χ1v) is 5.85. The number of carbonyl (C=O) groups is 1. The van der Waals surface area contributed by atoms with Crippen LogP contribution in [0.3, 0.4) is 0 Å². The highest BCUT2D eigenvalue weighted by Crippen LogP contribution is 2.16. The Balaban J connectivity index is 2.18. The van der Waals surface area contributed by atoms with Crippen LogP contribution in [0.2, 0.25) is 0 Å². The summed E-state index contributed by atoms with van der Waals surface area (Å²) < 4.78 is 3.68. The normalized spacial score (nSPS) is 9.94. The summed E-state index contributed by atoms with van der Waals surface area (Å²) in [6, 6.07) is 1.67. The second kappa shape index (κ2) is 5.35. The maximum Gasteiger partial charge on any atom is 0.258 e. The molecule has 0 aliphatic heterocycles. The predicted molar refractivity (Wildman–Crippen MR) is 66.3 cm³/mol. The molecule has 2 aromatic heterocycles. The molecule has 0 aliphatic carbocycles. The van der Waals surface area contributed by atoms with Crippen molar-refractivity contribution in [3.8, 4) is 0 Å². The lowest BCUT2D eigenvalue weighted by Gasteiger charge is -2.08. The molecule has 0 aromatic carbocycles. The number of carbonyl (C=O) groups excluding carboxylic acids is 1. The van der Waals surface area contributed by atoms with E-state index < -0.39 is 0 Å². The van der Waals surface area contributed by atoms with Crippen LogP contribution in [-0.4, -0.2) is 27.0 Å². The minimum Gasteiger partial charge on any atom is -0.383 e. The van der Waals surface area contributed by atoms with E-state index in [1.165, 1.54) is 6.20 Å². The molecule has 0 saturated heterocycles. The molecule has 0 radical (unpaired) electrons. The summed E-state index contributed by atoms with van der Waals surface area (Å²) in [6.45, 7) is 2.69. The van der Waals surface area contributed by atoms with Crippen molar-refractivity contribution in [2.24, 2.45) is 0 Å². The van der Waals surface area contributed by atoms with E-state index in [2.05, 4.69) is 25.2 Å².